The molecule has 1 aliphatic heterocycles. The number of nitrogens with one attached hydrogen (secondary N) is 2. The van der Waals surface area contributed by atoms with Crippen LogP contribution in [0, 0.1) is 12.7 Å². The normalized spacial score (nSPS) is 17.8. The molecule has 3 N–H and O–H groups in total. The molecular weight excluding hydrogens is 481 g/mol. The van der Waals surface area contributed by atoms with Crippen molar-refractivity contribution in [3.63, 3.8) is 0 Å². The smallest absolute Gasteiger partial charge is 0.407 e. The predicted molar refractivity (Wildman–Crippen MR) is 123 cm³/mol. The van der Waals surface area contributed by atoms with E-state index in [1.807, 2.05) is 0 Å². The van der Waals surface area contributed by atoms with Crippen molar-refractivity contribution < 1.29 is 28.3 Å². The summed E-state index contributed by atoms with van der Waals surface area (Å²) >= 11 is 5.80. The molecule has 1 atom stereocenters. The number of halogens is 2. The summed E-state index contributed by atoms with van der Waals surface area (Å²) in [6.45, 7) is 1.75. The number of nitrogens with zero attached hydrogens (tertiary/aromatic N) is 3. The van der Waals surface area contributed by atoms with Crippen LogP contribution in [-0.4, -0.2) is 44.6 Å². The summed E-state index contributed by atoms with van der Waals surface area (Å²) in [5.74, 6) is -2.81. The molecule has 12 heteroatoms. The molecule has 1 fully saturated rings. The maximum absolute atomic E-state index is 13.5. The van der Waals surface area contributed by atoms with Gasteiger partial charge in [-0.1, -0.05) is 16.8 Å². The average Bonchev–Trinajstić information content (AvgIpc) is 3.49. The number of anilines is 1. The average molecular weight is 500 g/mol. The molecule has 2 amide bonds. The molecule has 0 unspecified atom stereocenters. The van der Waals surface area contributed by atoms with Crippen molar-refractivity contribution in [1.29, 1.82) is 0 Å². The number of benzene rings is 2. The Kier molecular flexibility index (Phi) is 5.65. The van der Waals surface area contributed by atoms with Gasteiger partial charge < -0.3 is 29.6 Å². The van der Waals surface area contributed by atoms with Crippen LogP contribution in [0.4, 0.5) is 14.9 Å². The minimum absolute atomic E-state index is 0.101. The van der Waals surface area contributed by atoms with Gasteiger partial charge in [0.1, 0.15) is 11.5 Å². The minimum Gasteiger partial charge on any atom is -0.407 e. The number of carbonyl (C=O) groups is 2. The quantitative estimate of drug-likeness (QED) is 0.357. The first kappa shape index (κ1) is 22.8. The number of aromatic nitrogens is 3. The zero-order valence-corrected chi connectivity index (χ0v) is 19.1. The molecule has 0 aliphatic carbocycles. The Bertz CT molecular complexity index is 1430. The molecule has 5 rings (SSSR count). The lowest BCUT2D eigenvalue weighted by atomic mass is 10.2. The number of aromatic amines is 1. The van der Waals surface area contributed by atoms with Gasteiger partial charge in [-0.2, -0.15) is 4.98 Å². The first-order chi connectivity index (χ1) is 16.7. The number of aryl methyl sites for hydroxylation is 1. The highest BCUT2D eigenvalue weighted by atomic mass is 35.5. The number of rotatable bonds is 5. The molecular formula is C23H19ClFN5O5. The number of carbonyl (C=O) groups excluding carboxylic acids is 2. The number of fused-ring (bicyclic) bond motifs is 1. The number of ether oxygens (including phenoxy) is 1. The highest BCUT2D eigenvalue weighted by Crippen LogP contribution is 2.32. The van der Waals surface area contributed by atoms with Crippen LogP contribution >= 0.6 is 11.6 Å². The maximum atomic E-state index is 13.5. The number of aliphatic hydroxyl groups is 1. The SMILES string of the molecule is Cc1noc(-c2cc3cc(N4CC[C@](O)(OC(=O)NCc5cc(F)cc(Cl)c5)C4=O)ccc3[nH]2)n1. The van der Waals surface area contributed by atoms with E-state index >= 15 is 0 Å². The van der Waals surface area contributed by atoms with E-state index in [2.05, 4.69) is 20.4 Å². The van der Waals surface area contributed by atoms with Crippen molar-refractivity contribution >= 4 is 40.2 Å². The van der Waals surface area contributed by atoms with Gasteiger partial charge in [0.05, 0.1) is 0 Å². The minimum atomic E-state index is -2.33. The van der Waals surface area contributed by atoms with Crippen molar-refractivity contribution in [1.82, 2.24) is 20.4 Å². The second-order valence-corrected chi connectivity index (χ2v) is 8.55. The predicted octanol–water partition coefficient (Wildman–Crippen LogP) is 3.67. The lowest BCUT2D eigenvalue weighted by Crippen LogP contribution is -2.46. The lowest BCUT2D eigenvalue weighted by Gasteiger charge is -2.22. The molecule has 10 nitrogen and oxygen atoms in total. The number of amides is 2. The largest absolute Gasteiger partial charge is 0.410 e. The van der Waals surface area contributed by atoms with Gasteiger partial charge in [-0.05, 0) is 55.0 Å². The highest BCUT2D eigenvalue weighted by molar-refractivity contribution is 6.30. The molecule has 2 aromatic heterocycles. The summed E-state index contributed by atoms with van der Waals surface area (Å²) in [5.41, 5.74) is 2.33. The van der Waals surface area contributed by atoms with Crippen LogP contribution in [0.15, 0.2) is 47.0 Å². The van der Waals surface area contributed by atoms with E-state index in [4.69, 9.17) is 20.9 Å². The van der Waals surface area contributed by atoms with Gasteiger partial charge in [0, 0.05) is 41.1 Å². The Morgan fingerprint density at radius 2 is 2.17 bits per heavy atom. The molecule has 2 aromatic carbocycles. The molecule has 0 spiro atoms. The Morgan fingerprint density at radius 1 is 1.34 bits per heavy atom. The third-order valence-corrected chi connectivity index (χ3v) is 5.77. The second kappa shape index (κ2) is 8.67. The zero-order chi connectivity index (χ0) is 24.7. The van der Waals surface area contributed by atoms with Gasteiger partial charge in [0.15, 0.2) is 5.82 Å². The molecule has 3 heterocycles. The molecule has 4 aromatic rings. The number of hydrogen-bond acceptors (Lipinski definition) is 7. The van der Waals surface area contributed by atoms with Crippen molar-refractivity contribution in [2.75, 3.05) is 11.4 Å². The summed E-state index contributed by atoms with van der Waals surface area (Å²) in [5, 5.41) is 17.8. The van der Waals surface area contributed by atoms with E-state index in [9.17, 15) is 19.1 Å². The van der Waals surface area contributed by atoms with Gasteiger partial charge in [0.2, 0.25) is 0 Å². The topological polar surface area (TPSA) is 134 Å². The van der Waals surface area contributed by atoms with Crippen molar-refractivity contribution in [3.8, 4) is 11.6 Å². The van der Waals surface area contributed by atoms with E-state index in [-0.39, 0.29) is 24.5 Å². The molecule has 0 saturated carbocycles. The van der Waals surface area contributed by atoms with Crippen molar-refractivity contribution in [2.24, 2.45) is 0 Å². The van der Waals surface area contributed by atoms with Gasteiger partial charge >= 0.3 is 6.09 Å². The Hall–Kier alpha value is -3.96. The lowest BCUT2D eigenvalue weighted by molar-refractivity contribution is -0.175. The van der Waals surface area contributed by atoms with Gasteiger partial charge in [-0.25, -0.2) is 9.18 Å². The highest BCUT2D eigenvalue weighted by Gasteiger charge is 2.49. The zero-order valence-electron chi connectivity index (χ0n) is 18.3. The molecule has 1 saturated heterocycles. The summed E-state index contributed by atoms with van der Waals surface area (Å²) in [6.07, 6.45) is -1.15. The van der Waals surface area contributed by atoms with E-state index in [1.165, 1.54) is 17.0 Å². The van der Waals surface area contributed by atoms with E-state index in [0.717, 1.165) is 17.0 Å². The summed E-state index contributed by atoms with van der Waals surface area (Å²) in [6, 6.07) is 10.9. The standard InChI is InChI=1S/C23H19ClFN5O5/c1-12-27-20(35-29-12)19-9-14-8-17(2-3-18(14)28-19)30-5-4-23(33,21(30)31)34-22(32)26-11-13-6-15(24)10-16(25)7-13/h2-3,6-10,28,33H,4-5,11H2,1H3,(H,26,32)/t23-/m0/s1. The Labute approximate surface area is 202 Å². The third-order valence-electron chi connectivity index (χ3n) is 5.55. The summed E-state index contributed by atoms with van der Waals surface area (Å²) in [4.78, 5) is 33.9. The second-order valence-electron chi connectivity index (χ2n) is 8.11. The number of alkyl carbamates (subject to hydrolysis) is 1. The maximum Gasteiger partial charge on any atom is 0.410 e. The monoisotopic (exact) mass is 499 g/mol. The number of H-pyrrole nitrogens is 1. The first-order valence-electron chi connectivity index (χ1n) is 10.6. The fraction of sp³-hybridized carbons (Fsp3) is 0.217. The summed E-state index contributed by atoms with van der Waals surface area (Å²) in [7, 11) is 0. The van der Waals surface area contributed by atoms with Gasteiger partial charge in [-0.3, -0.25) is 4.79 Å². The Morgan fingerprint density at radius 3 is 2.91 bits per heavy atom. The van der Waals surface area contributed by atoms with Crippen LogP contribution in [0.3, 0.4) is 0 Å². The fourth-order valence-corrected chi connectivity index (χ4v) is 4.15. The molecule has 180 valence electrons. The number of hydrogen-bond donors (Lipinski definition) is 3. The summed E-state index contributed by atoms with van der Waals surface area (Å²) < 4.78 is 23.7. The molecule has 0 bridgehead atoms. The van der Waals surface area contributed by atoms with Gasteiger partial charge in [-0.15, -0.1) is 0 Å². The van der Waals surface area contributed by atoms with Crippen LogP contribution in [0.5, 0.6) is 0 Å². The first-order valence-corrected chi connectivity index (χ1v) is 11.0. The van der Waals surface area contributed by atoms with Crippen LogP contribution in [-0.2, 0) is 16.1 Å². The van der Waals surface area contributed by atoms with Crippen molar-refractivity contribution in [2.45, 2.75) is 25.7 Å². The van der Waals surface area contributed by atoms with E-state index < -0.39 is 23.6 Å². The van der Waals surface area contributed by atoms with Crippen molar-refractivity contribution in [3.05, 3.63) is 64.7 Å². The molecule has 1 aliphatic rings. The van der Waals surface area contributed by atoms with Crippen LogP contribution < -0.4 is 10.2 Å². The van der Waals surface area contributed by atoms with E-state index in [0.29, 0.717) is 28.7 Å². The van der Waals surface area contributed by atoms with Crippen LogP contribution in [0.1, 0.15) is 17.8 Å². The Balaban J connectivity index is 1.27. The fourth-order valence-electron chi connectivity index (χ4n) is 3.91. The van der Waals surface area contributed by atoms with Crippen LogP contribution in [0.2, 0.25) is 5.02 Å². The van der Waals surface area contributed by atoms with E-state index in [1.54, 1.807) is 31.2 Å². The van der Waals surface area contributed by atoms with Gasteiger partial charge in [0.25, 0.3) is 17.6 Å². The third kappa shape index (κ3) is 4.55. The van der Waals surface area contributed by atoms with Crippen LogP contribution in [0.25, 0.3) is 22.5 Å². The molecule has 0 radical (unpaired) electrons. The molecule has 35 heavy (non-hydrogen) atoms.